The molecule has 1 aliphatic rings. The second kappa shape index (κ2) is 4.80. The van der Waals surface area contributed by atoms with Gasteiger partial charge in [-0.2, -0.15) is 27.8 Å². The lowest BCUT2D eigenvalue weighted by atomic mass is 10.2. The fourth-order valence-electron chi connectivity index (χ4n) is 1.76. The van der Waals surface area contributed by atoms with Gasteiger partial charge in [0.1, 0.15) is 5.69 Å². The zero-order valence-corrected chi connectivity index (χ0v) is 9.26. The normalized spacial score (nSPS) is 14.4. The zero-order valence-electron chi connectivity index (χ0n) is 9.26. The molecule has 0 spiro atoms. The molecule has 0 N–H and O–H groups in total. The van der Waals surface area contributed by atoms with Gasteiger partial charge in [0.2, 0.25) is 11.6 Å². The molecule has 1 aromatic rings. The van der Waals surface area contributed by atoms with Gasteiger partial charge in [-0.3, -0.25) is 0 Å². The maximum atomic E-state index is 13.5. The molecule has 96 valence electrons. The lowest BCUT2D eigenvalue weighted by Crippen LogP contribution is -2.29. The van der Waals surface area contributed by atoms with E-state index in [4.69, 9.17) is 5.26 Å². The minimum absolute atomic E-state index is 0.0148. The van der Waals surface area contributed by atoms with E-state index < -0.39 is 29.2 Å². The van der Waals surface area contributed by atoms with E-state index in [1.807, 2.05) is 6.07 Å². The molecule has 1 heterocycles. The number of halogens is 4. The number of nitrogens with zero attached hydrogens (tertiary/aromatic N) is 3. The summed E-state index contributed by atoms with van der Waals surface area (Å²) in [5, 5.41) is 8.49. The molecule has 0 aliphatic heterocycles. The van der Waals surface area contributed by atoms with Crippen LogP contribution in [-0.4, -0.2) is 17.6 Å². The molecule has 1 aromatic heterocycles. The predicted molar refractivity (Wildman–Crippen MR) is 54.7 cm³/mol. The lowest BCUT2D eigenvalue weighted by Gasteiger charge is -2.24. The summed E-state index contributed by atoms with van der Waals surface area (Å²) in [5.41, 5.74) is -0.766. The van der Waals surface area contributed by atoms with Crippen LogP contribution in [0, 0.1) is 34.9 Å². The van der Waals surface area contributed by atoms with Gasteiger partial charge in [-0.05, 0) is 12.8 Å². The van der Waals surface area contributed by atoms with Crippen molar-refractivity contribution in [3.8, 4) is 6.07 Å². The van der Waals surface area contributed by atoms with Crippen LogP contribution >= 0.6 is 0 Å². The molecule has 1 aliphatic carbocycles. The molecule has 0 amide bonds. The van der Waals surface area contributed by atoms with Gasteiger partial charge >= 0.3 is 0 Å². The highest BCUT2D eigenvalue weighted by molar-refractivity contribution is 5.50. The average Bonchev–Trinajstić information content (AvgIpc) is 3.15. The first-order chi connectivity index (χ1) is 8.56. The minimum Gasteiger partial charge on any atom is -0.362 e. The largest absolute Gasteiger partial charge is 0.362 e. The molecular formula is C11H9F4N3. The van der Waals surface area contributed by atoms with Crippen LogP contribution in [0.25, 0.3) is 0 Å². The number of anilines is 1. The summed E-state index contributed by atoms with van der Waals surface area (Å²) in [7, 11) is 0. The van der Waals surface area contributed by atoms with Crippen molar-refractivity contribution in [1.29, 1.82) is 5.26 Å². The third-order valence-electron chi connectivity index (χ3n) is 2.71. The van der Waals surface area contributed by atoms with Gasteiger partial charge in [0.05, 0.1) is 12.5 Å². The molecule has 3 nitrogen and oxygen atoms in total. The third-order valence-corrected chi connectivity index (χ3v) is 2.71. The summed E-state index contributed by atoms with van der Waals surface area (Å²) < 4.78 is 53.1. The van der Waals surface area contributed by atoms with Gasteiger partial charge in [-0.1, -0.05) is 0 Å². The van der Waals surface area contributed by atoms with Gasteiger partial charge in [0, 0.05) is 12.6 Å². The molecule has 18 heavy (non-hydrogen) atoms. The number of hydrogen-bond donors (Lipinski definition) is 0. The Morgan fingerprint density at radius 1 is 1.17 bits per heavy atom. The van der Waals surface area contributed by atoms with Crippen LogP contribution in [0.3, 0.4) is 0 Å². The van der Waals surface area contributed by atoms with E-state index in [0.29, 0.717) is 12.8 Å². The molecule has 0 bridgehead atoms. The summed E-state index contributed by atoms with van der Waals surface area (Å²) in [5.74, 6) is -6.38. The van der Waals surface area contributed by atoms with Crippen molar-refractivity contribution in [1.82, 2.24) is 4.98 Å². The highest BCUT2D eigenvalue weighted by atomic mass is 19.2. The highest BCUT2D eigenvalue weighted by Gasteiger charge is 2.34. The molecule has 0 unspecified atom stereocenters. The van der Waals surface area contributed by atoms with Crippen LogP contribution in [0.2, 0.25) is 0 Å². The summed E-state index contributed by atoms with van der Waals surface area (Å²) in [6.45, 7) is 0.0257. The van der Waals surface area contributed by atoms with Crippen molar-refractivity contribution in [3.05, 3.63) is 23.5 Å². The molecule has 0 aromatic carbocycles. The second-order valence-electron chi connectivity index (χ2n) is 4.00. The molecule has 2 rings (SSSR count). The first-order valence-electron chi connectivity index (χ1n) is 5.39. The van der Waals surface area contributed by atoms with Crippen LogP contribution in [0.1, 0.15) is 19.3 Å². The van der Waals surface area contributed by atoms with Gasteiger partial charge in [-0.25, -0.2) is 0 Å². The smallest absolute Gasteiger partial charge is 0.253 e. The van der Waals surface area contributed by atoms with E-state index in [1.165, 1.54) is 4.90 Å². The van der Waals surface area contributed by atoms with Crippen molar-refractivity contribution in [2.75, 3.05) is 11.4 Å². The Kier molecular flexibility index (Phi) is 3.36. The Labute approximate surface area is 101 Å². The van der Waals surface area contributed by atoms with E-state index in [9.17, 15) is 17.6 Å². The summed E-state index contributed by atoms with van der Waals surface area (Å²) in [6, 6.07) is 1.65. The Balaban J connectivity index is 2.43. The molecule has 1 saturated carbocycles. The fourth-order valence-corrected chi connectivity index (χ4v) is 1.76. The van der Waals surface area contributed by atoms with E-state index >= 15 is 0 Å². The molecule has 0 saturated heterocycles. The van der Waals surface area contributed by atoms with Crippen LogP contribution in [0.4, 0.5) is 23.2 Å². The summed E-state index contributed by atoms with van der Waals surface area (Å²) in [6.07, 6.45) is 1.37. The van der Waals surface area contributed by atoms with E-state index in [-0.39, 0.29) is 19.0 Å². The van der Waals surface area contributed by atoms with E-state index in [1.54, 1.807) is 0 Å². The number of hydrogen-bond acceptors (Lipinski definition) is 3. The van der Waals surface area contributed by atoms with Crippen molar-refractivity contribution in [2.24, 2.45) is 0 Å². The Bertz CT molecular complexity index is 482. The van der Waals surface area contributed by atoms with Crippen LogP contribution in [0.5, 0.6) is 0 Å². The Morgan fingerprint density at radius 3 is 2.17 bits per heavy atom. The maximum Gasteiger partial charge on any atom is 0.253 e. The highest BCUT2D eigenvalue weighted by Crippen LogP contribution is 2.35. The topological polar surface area (TPSA) is 39.9 Å². The minimum atomic E-state index is -1.67. The second-order valence-corrected chi connectivity index (χ2v) is 4.00. The van der Waals surface area contributed by atoms with Crippen molar-refractivity contribution >= 4 is 5.69 Å². The Morgan fingerprint density at radius 2 is 1.72 bits per heavy atom. The Hall–Kier alpha value is -1.84. The molecule has 0 atom stereocenters. The number of nitriles is 1. The molecule has 0 radical (unpaired) electrons. The monoisotopic (exact) mass is 259 g/mol. The van der Waals surface area contributed by atoms with Crippen LogP contribution in [-0.2, 0) is 0 Å². The zero-order chi connectivity index (χ0) is 13.3. The molecule has 7 heteroatoms. The van der Waals surface area contributed by atoms with Gasteiger partial charge in [-0.15, -0.1) is 0 Å². The first kappa shape index (κ1) is 12.6. The maximum absolute atomic E-state index is 13.5. The molecular weight excluding hydrogens is 250 g/mol. The average molecular weight is 259 g/mol. The van der Waals surface area contributed by atoms with Crippen molar-refractivity contribution in [3.63, 3.8) is 0 Å². The number of pyridine rings is 1. The predicted octanol–water partition coefficient (Wildman–Crippen LogP) is 2.52. The van der Waals surface area contributed by atoms with Crippen molar-refractivity contribution < 1.29 is 17.6 Å². The quantitative estimate of drug-likeness (QED) is 0.616. The third kappa shape index (κ3) is 2.23. The molecule has 1 fully saturated rings. The fraction of sp³-hybridized carbons (Fsp3) is 0.455. The van der Waals surface area contributed by atoms with Crippen molar-refractivity contribution in [2.45, 2.75) is 25.3 Å². The van der Waals surface area contributed by atoms with Crippen LogP contribution in [0.15, 0.2) is 0 Å². The standard InChI is InChI=1S/C11H9F4N3/c12-7-9(8(13)11(15)17-10(7)14)18(5-1-4-16)6-2-3-6/h6H,1-3,5H2. The number of aromatic nitrogens is 1. The first-order valence-corrected chi connectivity index (χ1v) is 5.39. The summed E-state index contributed by atoms with van der Waals surface area (Å²) >= 11 is 0. The summed E-state index contributed by atoms with van der Waals surface area (Å²) in [4.78, 5) is 3.70. The van der Waals surface area contributed by atoms with Gasteiger partial charge < -0.3 is 4.90 Å². The van der Waals surface area contributed by atoms with Gasteiger partial charge in [0.15, 0.2) is 0 Å². The van der Waals surface area contributed by atoms with Crippen LogP contribution < -0.4 is 4.90 Å². The SMILES string of the molecule is N#CCCN(c1c(F)c(F)nc(F)c1F)C1CC1. The van der Waals surface area contributed by atoms with Gasteiger partial charge in [0.25, 0.3) is 11.9 Å². The van der Waals surface area contributed by atoms with E-state index in [0.717, 1.165) is 0 Å². The lowest BCUT2D eigenvalue weighted by molar-refractivity contribution is 0.405. The van der Waals surface area contributed by atoms with E-state index in [2.05, 4.69) is 4.98 Å². The number of rotatable bonds is 4.